The summed E-state index contributed by atoms with van der Waals surface area (Å²) in [7, 11) is 0. The van der Waals surface area contributed by atoms with Crippen LogP contribution >= 0.6 is 0 Å². The smallest absolute Gasteiger partial charge is 0.290 e. The zero-order chi connectivity index (χ0) is 14.0. The minimum Gasteiger partial charge on any atom is -0.483 e. The van der Waals surface area contributed by atoms with Crippen molar-refractivity contribution in [3.8, 4) is 0 Å². The highest BCUT2D eigenvalue weighted by Gasteiger charge is 2.08. The van der Waals surface area contributed by atoms with Gasteiger partial charge in [0.15, 0.2) is 5.78 Å². The van der Waals surface area contributed by atoms with Gasteiger partial charge < -0.3 is 5.11 Å². The Bertz CT molecular complexity index is 470. The van der Waals surface area contributed by atoms with Crippen LogP contribution in [0.5, 0.6) is 0 Å². The van der Waals surface area contributed by atoms with E-state index in [2.05, 4.69) is 13.2 Å². The van der Waals surface area contributed by atoms with Crippen molar-refractivity contribution in [3.63, 3.8) is 0 Å². The SMILES string of the molecule is C=C/C=C(\C=C)C(=O)c1cccc(C)c1.O=CO. The van der Waals surface area contributed by atoms with Crippen LogP contribution in [0.4, 0.5) is 0 Å². The average molecular weight is 244 g/mol. The van der Waals surface area contributed by atoms with E-state index in [4.69, 9.17) is 9.90 Å². The lowest BCUT2D eigenvalue weighted by Gasteiger charge is -2.01. The van der Waals surface area contributed by atoms with E-state index < -0.39 is 0 Å². The van der Waals surface area contributed by atoms with Crippen LogP contribution in [0.1, 0.15) is 15.9 Å². The Hall–Kier alpha value is -2.42. The number of ketones is 1. The number of hydrogen-bond donors (Lipinski definition) is 1. The molecule has 0 aliphatic rings. The van der Waals surface area contributed by atoms with E-state index in [0.717, 1.165) is 5.56 Å². The van der Waals surface area contributed by atoms with Gasteiger partial charge in [-0.3, -0.25) is 9.59 Å². The molecule has 0 spiro atoms. The van der Waals surface area contributed by atoms with Crippen molar-refractivity contribution in [1.29, 1.82) is 0 Å². The molecule has 94 valence electrons. The fourth-order valence-electron chi connectivity index (χ4n) is 1.32. The van der Waals surface area contributed by atoms with Crippen molar-refractivity contribution in [2.24, 2.45) is 0 Å². The molecular weight excluding hydrogens is 228 g/mol. The van der Waals surface area contributed by atoms with E-state index in [1.807, 2.05) is 25.1 Å². The number of carboxylic acid groups (broad SMARTS) is 1. The van der Waals surface area contributed by atoms with Gasteiger partial charge in [-0.15, -0.1) is 0 Å². The van der Waals surface area contributed by atoms with Gasteiger partial charge in [-0.1, -0.05) is 55.1 Å². The lowest BCUT2D eigenvalue weighted by Crippen LogP contribution is -2.01. The number of Topliss-reactive ketones (excluding diaryl/α,β-unsaturated/α-hetero) is 1. The van der Waals surface area contributed by atoms with Gasteiger partial charge in [0.2, 0.25) is 0 Å². The average Bonchev–Trinajstić information content (AvgIpc) is 2.36. The monoisotopic (exact) mass is 244 g/mol. The van der Waals surface area contributed by atoms with Gasteiger partial charge in [0.25, 0.3) is 6.47 Å². The third-order valence-electron chi connectivity index (χ3n) is 2.06. The minimum absolute atomic E-state index is 0.0198. The second-order valence-electron chi connectivity index (χ2n) is 3.37. The maximum absolute atomic E-state index is 11.9. The number of carbonyl (C=O) groups is 2. The van der Waals surface area contributed by atoms with Crippen LogP contribution in [0, 0.1) is 6.92 Å². The molecule has 1 N–H and O–H groups in total. The third-order valence-corrected chi connectivity index (χ3v) is 2.06. The Morgan fingerprint density at radius 1 is 1.33 bits per heavy atom. The first-order chi connectivity index (χ1) is 8.60. The number of carbonyl (C=O) groups excluding carboxylic acids is 1. The standard InChI is InChI=1S/C14H14O.CH2O2/c1-4-7-12(5-2)14(15)13-9-6-8-11(3)10-13;2-1-3/h4-10H,1-2H2,3H3;1H,(H,2,3)/b12-7+;. The van der Waals surface area contributed by atoms with E-state index in [-0.39, 0.29) is 12.3 Å². The number of rotatable bonds is 4. The number of benzene rings is 1. The molecule has 0 atom stereocenters. The first-order valence-electron chi connectivity index (χ1n) is 5.25. The summed E-state index contributed by atoms with van der Waals surface area (Å²) >= 11 is 0. The summed E-state index contributed by atoms with van der Waals surface area (Å²) < 4.78 is 0. The van der Waals surface area contributed by atoms with E-state index in [0.29, 0.717) is 11.1 Å². The van der Waals surface area contributed by atoms with E-state index in [1.165, 1.54) is 0 Å². The highest BCUT2D eigenvalue weighted by atomic mass is 16.3. The molecule has 0 radical (unpaired) electrons. The number of hydrogen-bond acceptors (Lipinski definition) is 2. The molecule has 0 unspecified atom stereocenters. The van der Waals surface area contributed by atoms with Crippen molar-refractivity contribution >= 4 is 12.3 Å². The van der Waals surface area contributed by atoms with Gasteiger partial charge in [0.1, 0.15) is 0 Å². The Labute approximate surface area is 107 Å². The van der Waals surface area contributed by atoms with E-state index in [9.17, 15) is 4.79 Å². The Morgan fingerprint density at radius 3 is 2.39 bits per heavy atom. The molecule has 0 fully saturated rings. The van der Waals surface area contributed by atoms with Crippen molar-refractivity contribution in [2.45, 2.75) is 6.92 Å². The Morgan fingerprint density at radius 2 is 1.94 bits per heavy atom. The summed E-state index contributed by atoms with van der Waals surface area (Å²) in [4.78, 5) is 20.3. The fraction of sp³-hybridized carbons (Fsp3) is 0.0667. The van der Waals surface area contributed by atoms with Crippen molar-refractivity contribution in [2.75, 3.05) is 0 Å². The van der Waals surface area contributed by atoms with Crippen LogP contribution < -0.4 is 0 Å². The quantitative estimate of drug-likeness (QED) is 0.383. The van der Waals surface area contributed by atoms with E-state index in [1.54, 1.807) is 24.3 Å². The molecule has 1 rings (SSSR count). The molecule has 3 heteroatoms. The summed E-state index contributed by atoms with van der Waals surface area (Å²) in [5.41, 5.74) is 2.32. The van der Waals surface area contributed by atoms with Crippen molar-refractivity contribution in [3.05, 3.63) is 72.4 Å². The van der Waals surface area contributed by atoms with Gasteiger partial charge in [-0.2, -0.15) is 0 Å². The molecule has 0 saturated heterocycles. The summed E-state index contributed by atoms with van der Waals surface area (Å²) in [5.74, 6) is -0.0198. The first kappa shape index (κ1) is 15.6. The van der Waals surface area contributed by atoms with E-state index >= 15 is 0 Å². The predicted molar refractivity (Wildman–Crippen MR) is 72.7 cm³/mol. The summed E-state index contributed by atoms with van der Waals surface area (Å²) in [5, 5.41) is 6.89. The van der Waals surface area contributed by atoms with Crippen LogP contribution in [0.2, 0.25) is 0 Å². The highest BCUT2D eigenvalue weighted by Crippen LogP contribution is 2.11. The van der Waals surface area contributed by atoms with Crippen LogP contribution in [0.3, 0.4) is 0 Å². The zero-order valence-corrected chi connectivity index (χ0v) is 10.3. The summed E-state index contributed by atoms with van der Waals surface area (Å²) in [6.45, 7) is 8.89. The Kier molecular flexibility index (Phi) is 7.53. The van der Waals surface area contributed by atoms with Crippen LogP contribution in [0.25, 0.3) is 0 Å². The molecule has 0 saturated carbocycles. The van der Waals surface area contributed by atoms with Crippen LogP contribution in [0.15, 0.2) is 61.2 Å². The molecule has 1 aromatic carbocycles. The third kappa shape index (κ3) is 5.07. The molecule has 0 amide bonds. The largest absolute Gasteiger partial charge is 0.483 e. The highest BCUT2D eigenvalue weighted by molar-refractivity contribution is 6.10. The molecule has 0 aliphatic heterocycles. The first-order valence-corrected chi connectivity index (χ1v) is 5.25. The zero-order valence-electron chi connectivity index (χ0n) is 10.3. The van der Waals surface area contributed by atoms with Crippen molar-refractivity contribution < 1.29 is 14.7 Å². The lowest BCUT2D eigenvalue weighted by atomic mass is 10.0. The molecule has 0 heterocycles. The minimum atomic E-state index is -0.250. The van der Waals surface area contributed by atoms with Gasteiger partial charge in [0, 0.05) is 11.1 Å². The predicted octanol–water partition coefficient (Wildman–Crippen LogP) is 3.18. The summed E-state index contributed by atoms with van der Waals surface area (Å²) in [6, 6.07) is 7.50. The summed E-state index contributed by atoms with van der Waals surface area (Å²) in [6.07, 6.45) is 4.80. The van der Waals surface area contributed by atoms with Crippen LogP contribution in [-0.2, 0) is 4.79 Å². The maximum atomic E-state index is 11.9. The molecule has 1 aromatic rings. The molecule has 0 aliphatic carbocycles. The lowest BCUT2D eigenvalue weighted by molar-refractivity contribution is -0.122. The van der Waals surface area contributed by atoms with Gasteiger partial charge in [-0.25, -0.2) is 0 Å². The maximum Gasteiger partial charge on any atom is 0.290 e. The molecule has 18 heavy (non-hydrogen) atoms. The molecule has 3 nitrogen and oxygen atoms in total. The molecule has 0 bridgehead atoms. The van der Waals surface area contributed by atoms with Gasteiger partial charge >= 0.3 is 0 Å². The molecular formula is C15H16O3. The number of allylic oxidation sites excluding steroid dienone is 4. The fourth-order valence-corrected chi connectivity index (χ4v) is 1.32. The van der Waals surface area contributed by atoms with Gasteiger partial charge in [-0.05, 0) is 13.0 Å². The number of aryl methyl sites for hydroxylation is 1. The second kappa shape index (κ2) is 8.70. The molecule has 0 aromatic heterocycles. The normalized spacial score (nSPS) is 9.72. The second-order valence-corrected chi connectivity index (χ2v) is 3.37. The van der Waals surface area contributed by atoms with Crippen molar-refractivity contribution in [1.82, 2.24) is 0 Å². The van der Waals surface area contributed by atoms with Gasteiger partial charge in [0.05, 0.1) is 0 Å². The topological polar surface area (TPSA) is 54.4 Å². The van der Waals surface area contributed by atoms with Crippen LogP contribution in [-0.4, -0.2) is 17.4 Å². The Balaban J connectivity index is 0.000000873.